The van der Waals surface area contributed by atoms with Gasteiger partial charge in [-0.05, 0) is 36.0 Å². The smallest absolute Gasteiger partial charge is 0.108 e. The molecule has 0 aromatic carbocycles. The number of thiophene rings is 1. The zero-order valence-corrected chi connectivity index (χ0v) is 10.7. The molecule has 1 aromatic rings. The molecule has 3 nitrogen and oxygen atoms in total. The molecule has 0 amide bonds. The van der Waals surface area contributed by atoms with Crippen LogP contribution in [0.4, 0.5) is 0 Å². The van der Waals surface area contributed by atoms with Crippen LogP contribution >= 0.6 is 27.3 Å². The maximum atomic E-state index is 7.33. The van der Waals surface area contributed by atoms with Crippen LogP contribution in [0.25, 0.3) is 0 Å². The molecule has 1 rings (SSSR count). The molecule has 0 radical (unpaired) electrons. The fraction of sp³-hybridized carbons (Fsp3) is 0.444. The molecule has 0 spiro atoms. The second-order valence-corrected chi connectivity index (χ2v) is 5.19. The summed E-state index contributed by atoms with van der Waals surface area (Å²) in [6.07, 6.45) is 0. The lowest BCUT2D eigenvalue weighted by Gasteiger charge is -2.22. The van der Waals surface area contributed by atoms with Gasteiger partial charge in [-0.3, -0.25) is 10.3 Å². The van der Waals surface area contributed by atoms with Crippen molar-refractivity contribution in [3.63, 3.8) is 0 Å². The Kier molecular flexibility index (Phi) is 4.10. The molecule has 0 bridgehead atoms. The van der Waals surface area contributed by atoms with Gasteiger partial charge in [0.25, 0.3) is 0 Å². The van der Waals surface area contributed by atoms with E-state index in [1.54, 1.807) is 11.3 Å². The monoisotopic (exact) mass is 275 g/mol. The summed E-state index contributed by atoms with van der Waals surface area (Å²) >= 11 is 5.12. The van der Waals surface area contributed by atoms with Gasteiger partial charge in [-0.2, -0.15) is 0 Å². The summed E-state index contributed by atoms with van der Waals surface area (Å²) in [6, 6.07) is 2.09. The van der Waals surface area contributed by atoms with Gasteiger partial charge in [-0.15, -0.1) is 11.3 Å². The van der Waals surface area contributed by atoms with Crippen LogP contribution in [0.15, 0.2) is 15.9 Å². The number of amidine groups is 1. The highest BCUT2D eigenvalue weighted by molar-refractivity contribution is 9.10. The number of halogens is 1. The number of hydrogen-bond acceptors (Lipinski definition) is 3. The van der Waals surface area contributed by atoms with Crippen LogP contribution in [0, 0.1) is 5.41 Å². The molecule has 0 saturated carbocycles. The van der Waals surface area contributed by atoms with Gasteiger partial charge in [-0.1, -0.05) is 0 Å². The summed E-state index contributed by atoms with van der Waals surface area (Å²) in [5.41, 5.74) is 5.43. The number of nitrogens with zero attached hydrogens (tertiary/aromatic N) is 1. The van der Waals surface area contributed by atoms with Crippen LogP contribution in [0.1, 0.15) is 11.8 Å². The fourth-order valence-corrected chi connectivity index (χ4v) is 2.57. The summed E-state index contributed by atoms with van der Waals surface area (Å²) in [4.78, 5) is 3.33. The largest absolute Gasteiger partial charge is 0.386 e. The first-order valence-electron chi connectivity index (χ1n) is 4.27. The topological polar surface area (TPSA) is 53.1 Å². The lowest BCUT2D eigenvalue weighted by molar-refractivity contribution is 0.304. The Bertz CT molecular complexity index is 324. The van der Waals surface area contributed by atoms with Gasteiger partial charge in [0.15, 0.2) is 0 Å². The Morgan fingerprint density at radius 2 is 2.43 bits per heavy atom. The molecule has 5 heteroatoms. The van der Waals surface area contributed by atoms with Gasteiger partial charge in [0.2, 0.25) is 0 Å². The lowest BCUT2D eigenvalue weighted by Crippen LogP contribution is -2.39. The summed E-state index contributed by atoms with van der Waals surface area (Å²) in [5, 5.41) is 9.39. The molecule has 3 N–H and O–H groups in total. The predicted octanol–water partition coefficient (Wildman–Crippen LogP) is 2.27. The molecular formula is C9H14BrN3S. The van der Waals surface area contributed by atoms with E-state index in [1.165, 1.54) is 4.88 Å². The van der Waals surface area contributed by atoms with Crippen LogP contribution in [0.2, 0.25) is 0 Å². The van der Waals surface area contributed by atoms with E-state index in [0.717, 1.165) is 11.0 Å². The molecule has 0 aliphatic heterocycles. The Labute approximate surface area is 96.5 Å². The van der Waals surface area contributed by atoms with Crippen molar-refractivity contribution < 1.29 is 0 Å². The summed E-state index contributed by atoms with van der Waals surface area (Å²) < 4.78 is 1.11. The lowest BCUT2D eigenvalue weighted by atomic mass is 10.2. The third kappa shape index (κ3) is 3.08. The SMILES string of the molecule is CC(C(=N)N)N(C)Cc1cc(Br)cs1. The van der Waals surface area contributed by atoms with E-state index in [0.29, 0.717) is 0 Å². The first-order valence-corrected chi connectivity index (χ1v) is 5.95. The van der Waals surface area contributed by atoms with Crippen molar-refractivity contribution in [2.45, 2.75) is 19.5 Å². The van der Waals surface area contributed by atoms with Crippen molar-refractivity contribution in [3.8, 4) is 0 Å². The van der Waals surface area contributed by atoms with E-state index < -0.39 is 0 Å². The zero-order chi connectivity index (χ0) is 10.7. The van der Waals surface area contributed by atoms with E-state index in [2.05, 4.69) is 32.3 Å². The second kappa shape index (κ2) is 4.91. The van der Waals surface area contributed by atoms with Gasteiger partial charge in [-0.25, -0.2) is 0 Å². The molecule has 1 aromatic heterocycles. The number of likely N-dealkylation sites (N-methyl/N-ethyl adjacent to an activating group) is 1. The van der Waals surface area contributed by atoms with E-state index in [-0.39, 0.29) is 11.9 Å². The Morgan fingerprint density at radius 3 is 2.86 bits per heavy atom. The highest BCUT2D eigenvalue weighted by atomic mass is 79.9. The number of rotatable bonds is 4. The van der Waals surface area contributed by atoms with Gasteiger partial charge >= 0.3 is 0 Å². The molecule has 0 saturated heterocycles. The van der Waals surface area contributed by atoms with Crippen molar-refractivity contribution >= 4 is 33.1 Å². The molecule has 14 heavy (non-hydrogen) atoms. The molecule has 0 aliphatic rings. The fourth-order valence-electron chi connectivity index (χ4n) is 1.06. The standard InChI is InChI=1S/C9H14BrN3S/c1-6(9(11)12)13(2)4-8-3-7(10)5-14-8/h3,5-6H,4H2,1-2H3,(H3,11,12). The van der Waals surface area contributed by atoms with E-state index >= 15 is 0 Å². The highest BCUT2D eigenvalue weighted by Gasteiger charge is 2.12. The van der Waals surface area contributed by atoms with Gasteiger partial charge in [0, 0.05) is 21.3 Å². The van der Waals surface area contributed by atoms with Gasteiger partial charge in [0.1, 0.15) is 5.84 Å². The number of nitrogens with one attached hydrogen (secondary N) is 1. The van der Waals surface area contributed by atoms with Gasteiger partial charge < -0.3 is 5.73 Å². The maximum absolute atomic E-state index is 7.33. The Hall–Kier alpha value is -0.390. The summed E-state index contributed by atoms with van der Waals surface area (Å²) in [7, 11) is 1.97. The minimum absolute atomic E-state index is 0.00382. The Morgan fingerprint density at radius 1 is 1.79 bits per heavy atom. The molecule has 0 fully saturated rings. The average Bonchev–Trinajstić information content (AvgIpc) is 2.49. The normalized spacial score (nSPS) is 13.1. The maximum Gasteiger partial charge on any atom is 0.108 e. The first kappa shape index (κ1) is 11.7. The van der Waals surface area contributed by atoms with Crippen LogP contribution < -0.4 is 5.73 Å². The first-order chi connectivity index (χ1) is 6.50. The van der Waals surface area contributed by atoms with Crippen molar-refractivity contribution in [2.75, 3.05) is 7.05 Å². The van der Waals surface area contributed by atoms with Crippen molar-refractivity contribution in [2.24, 2.45) is 5.73 Å². The number of hydrogen-bond donors (Lipinski definition) is 2. The van der Waals surface area contributed by atoms with Crippen molar-refractivity contribution in [1.82, 2.24) is 4.90 Å². The Balaban J connectivity index is 2.56. The molecule has 1 atom stereocenters. The molecule has 1 heterocycles. The predicted molar refractivity (Wildman–Crippen MR) is 64.9 cm³/mol. The van der Waals surface area contributed by atoms with Crippen LogP contribution in [-0.2, 0) is 6.54 Å². The minimum Gasteiger partial charge on any atom is -0.386 e. The third-order valence-electron chi connectivity index (χ3n) is 2.14. The van der Waals surface area contributed by atoms with E-state index in [4.69, 9.17) is 11.1 Å². The molecule has 78 valence electrons. The average molecular weight is 276 g/mol. The zero-order valence-electron chi connectivity index (χ0n) is 8.25. The summed E-state index contributed by atoms with van der Waals surface area (Å²) in [5.74, 6) is 0.211. The van der Waals surface area contributed by atoms with Gasteiger partial charge in [0.05, 0.1) is 6.04 Å². The van der Waals surface area contributed by atoms with E-state index in [9.17, 15) is 0 Å². The number of nitrogens with two attached hydrogens (primary N) is 1. The van der Waals surface area contributed by atoms with Crippen molar-refractivity contribution in [1.29, 1.82) is 5.41 Å². The second-order valence-electron chi connectivity index (χ2n) is 3.28. The summed E-state index contributed by atoms with van der Waals surface area (Å²) in [6.45, 7) is 2.77. The molecular weight excluding hydrogens is 262 g/mol. The highest BCUT2D eigenvalue weighted by Crippen LogP contribution is 2.21. The quantitative estimate of drug-likeness (QED) is 0.654. The third-order valence-corrected chi connectivity index (χ3v) is 3.82. The van der Waals surface area contributed by atoms with E-state index in [1.807, 2.05) is 14.0 Å². The molecule has 1 unspecified atom stereocenters. The van der Waals surface area contributed by atoms with Crippen LogP contribution in [-0.4, -0.2) is 23.8 Å². The van der Waals surface area contributed by atoms with Crippen molar-refractivity contribution in [3.05, 3.63) is 20.8 Å². The molecule has 0 aliphatic carbocycles. The van der Waals surface area contributed by atoms with Crippen LogP contribution in [0.5, 0.6) is 0 Å². The van der Waals surface area contributed by atoms with Crippen LogP contribution in [0.3, 0.4) is 0 Å². The minimum atomic E-state index is -0.00382.